The Kier molecular flexibility index (Phi) is 3.33. The van der Waals surface area contributed by atoms with Crippen LogP contribution in [0, 0.1) is 22.2 Å². The van der Waals surface area contributed by atoms with E-state index in [4.69, 9.17) is 4.74 Å². The van der Waals surface area contributed by atoms with Crippen molar-refractivity contribution in [3.63, 3.8) is 0 Å². The van der Waals surface area contributed by atoms with Gasteiger partial charge in [-0.2, -0.15) is 0 Å². The number of fused-ring (bicyclic) bond motifs is 2. The summed E-state index contributed by atoms with van der Waals surface area (Å²) in [7, 11) is 0. The largest absolute Gasteiger partial charge is 0.481 e. The molecule has 2 N–H and O–H groups in total. The first-order valence-electron chi connectivity index (χ1n) is 9.41. The van der Waals surface area contributed by atoms with E-state index in [0.717, 1.165) is 24.8 Å². The first kappa shape index (κ1) is 17.1. The highest BCUT2D eigenvalue weighted by Gasteiger charge is 2.70. The molecule has 3 aliphatic carbocycles. The van der Waals surface area contributed by atoms with Crippen molar-refractivity contribution in [2.24, 2.45) is 22.2 Å². The zero-order valence-electron chi connectivity index (χ0n) is 15.3. The lowest BCUT2D eigenvalue weighted by atomic mass is 9.43. The summed E-state index contributed by atoms with van der Waals surface area (Å²) in [5.74, 6) is -0.939. The number of carboxylic acid groups (broad SMARTS) is 1. The van der Waals surface area contributed by atoms with Crippen molar-refractivity contribution in [2.75, 3.05) is 0 Å². The Morgan fingerprint density at radius 3 is 2.64 bits per heavy atom. The zero-order valence-corrected chi connectivity index (χ0v) is 15.3. The van der Waals surface area contributed by atoms with Gasteiger partial charge in [0.1, 0.15) is 6.10 Å². The van der Waals surface area contributed by atoms with Crippen molar-refractivity contribution in [3.8, 4) is 0 Å². The van der Waals surface area contributed by atoms with Gasteiger partial charge in [-0.3, -0.25) is 9.59 Å². The fourth-order valence-corrected chi connectivity index (χ4v) is 6.61. The Hall–Kier alpha value is -1.36. The molecular formula is C20H28O5. The molecule has 5 heteroatoms. The van der Waals surface area contributed by atoms with Crippen LogP contribution in [0.4, 0.5) is 0 Å². The third kappa shape index (κ3) is 2.05. The molecule has 0 bridgehead atoms. The second kappa shape index (κ2) is 4.87. The second-order valence-corrected chi connectivity index (χ2v) is 9.65. The highest BCUT2D eigenvalue weighted by Crippen LogP contribution is 2.68. The number of carbonyl (C=O) groups is 2. The monoisotopic (exact) mass is 348 g/mol. The lowest BCUT2D eigenvalue weighted by Gasteiger charge is -2.61. The number of hydrogen-bond donors (Lipinski definition) is 2. The van der Waals surface area contributed by atoms with Crippen LogP contribution in [-0.4, -0.2) is 33.9 Å². The number of carboxylic acids is 1. The molecule has 138 valence electrons. The number of aliphatic hydroxyl groups is 1. The van der Waals surface area contributed by atoms with Crippen LogP contribution in [0.1, 0.15) is 65.7 Å². The molecule has 0 unspecified atom stereocenters. The average Bonchev–Trinajstić information content (AvgIpc) is 2.74. The minimum Gasteiger partial charge on any atom is -0.481 e. The smallest absolute Gasteiger partial charge is 0.312 e. The normalized spacial score (nSPS) is 51.2. The van der Waals surface area contributed by atoms with Crippen molar-refractivity contribution in [1.82, 2.24) is 0 Å². The van der Waals surface area contributed by atoms with Crippen molar-refractivity contribution in [3.05, 3.63) is 11.6 Å². The number of carbonyl (C=O) groups excluding carboxylic acids is 1. The van der Waals surface area contributed by atoms with Gasteiger partial charge in [0.2, 0.25) is 0 Å². The van der Waals surface area contributed by atoms with Gasteiger partial charge in [-0.05, 0) is 56.1 Å². The van der Waals surface area contributed by atoms with Crippen molar-refractivity contribution in [2.45, 2.75) is 77.4 Å². The van der Waals surface area contributed by atoms with Crippen molar-refractivity contribution in [1.29, 1.82) is 0 Å². The second-order valence-electron chi connectivity index (χ2n) is 9.65. The van der Waals surface area contributed by atoms with E-state index in [1.165, 1.54) is 0 Å². The van der Waals surface area contributed by atoms with E-state index >= 15 is 0 Å². The van der Waals surface area contributed by atoms with Gasteiger partial charge in [0.15, 0.2) is 0 Å². The molecule has 3 fully saturated rings. The number of ether oxygens (including phenoxy) is 1. The standard InChI is InChI=1S/C20H28O5/c1-17(11-14(21)22)7-8-20(24)12(10-17)9-13-15-18(2,16(23)25-13)5-4-6-19(15,20)3/h9,13,15,24H,4-8,10-11H2,1-3H3,(H,21,22)/t13-,15+,17+,18+,19+,20-/m0/s1. The van der Waals surface area contributed by atoms with E-state index in [1.54, 1.807) is 0 Å². The summed E-state index contributed by atoms with van der Waals surface area (Å²) in [5, 5.41) is 21.0. The van der Waals surface area contributed by atoms with E-state index < -0.39 is 22.4 Å². The molecule has 2 saturated carbocycles. The van der Waals surface area contributed by atoms with Crippen LogP contribution in [0.5, 0.6) is 0 Å². The molecule has 0 radical (unpaired) electrons. The van der Waals surface area contributed by atoms with Gasteiger partial charge in [0.05, 0.1) is 17.4 Å². The Balaban J connectivity index is 1.79. The molecule has 0 amide bonds. The molecule has 1 aliphatic heterocycles. The number of hydrogen-bond acceptors (Lipinski definition) is 4. The molecule has 4 aliphatic rings. The van der Waals surface area contributed by atoms with Gasteiger partial charge in [-0.25, -0.2) is 0 Å². The Morgan fingerprint density at radius 1 is 1.24 bits per heavy atom. The van der Waals surface area contributed by atoms with Crippen LogP contribution in [0.2, 0.25) is 0 Å². The summed E-state index contributed by atoms with van der Waals surface area (Å²) in [5.41, 5.74) is -1.33. The summed E-state index contributed by atoms with van der Waals surface area (Å²) >= 11 is 0. The molecule has 0 aromatic rings. The molecule has 6 atom stereocenters. The first-order valence-corrected chi connectivity index (χ1v) is 9.41. The SMILES string of the molecule is C[C@@]1(CC(=O)O)CC[C@]2(O)C(=C[C@@H]3OC(=O)[C@]4(C)CCC[C@]2(C)[C@H]34)C1. The third-order valence-electron chi connectivity index (χ3n) is 7.93. The van der Waals surface area contributed by atoms with Gasteiger partial charge in [-0.1, -0.05) is 20.3 Å². The van der Waals surface area contributed by atoms with E-state index in [-0.39, 0.29) is 29.8 Å². The quantitative estimate of drug-likeness (QED) is 0.592. The van der Waals surface area contributed by atoms with Crippen molar-refractivity contribution < 1.29 is 24.5 Å². The highest BCUT2D eigenvalue weighted by atomic mass is 16.6. The topological polar surface area (TPSA) is 83.8 Å². The number of aliphatic carboxylic acids is 1. The van der Waals surface area contributed by atoms with Crippen molar-refractivity contribution >= 4 is 11.9 Å². The molecule has 0 aromatic carbocycles. The van der Waals surface area contributed by atoms with Gasteiger partial charge in [0.25, 0.3) is 0 Å². The van der Waals surface area contributed by atoms with Crippen LogP contribution < -0.4 is 0 Å². The van der Waals surface area contributed by atoms with Gasteiger partial charge < -0.3 is 14.9 Å². The molecule has 1 saturated heterocycles. The molecule has 4 rings (SSSR count). The Bertz CT molecular complexity index is 684. The summed E-state index contributed by atoms with van der Waals surface area (Å²) in [6.45, 7) is 6.11. The fraction of sp³-hybridized carbons (Fsp3) is 0.800. The summed E-state index contributed by atoms with van der Waals surface area (Å²) in [4.78, 5) is 23.9. The summed E-state index contributed by atoms with van der Waals surface area (Å²) in [6.07, 6.45) is 6.19. The van der Waals surface area contributed by atoms with Gasteiger partial charge in [0, 0.05) is 11.3 Å². The molecule has 0 spiro atoms. The van der Waals surface area contributed by atoms with Gasteiger partial charge in [-0.15, -0.1) is 0 Å². The predicted molar refractivity (Wildman–Crippen MR) is 90.7 cm³/mol. The van der Waals surface area contributed by atoms with E-state index in [2.05, 4.69) is 6.92 Å². The lowest BCUT2D eigenvalue weighted by Crippen LogP contribution is -2.63. The van der Waals surface area contributed by atoms with Crippen LogP contribution in [-0.2, 0) is 14.3 Å². The van der Waals surface area contributed by atoms with E-state index in [0.29, 0.717) is 19.3 Å². The zero-order chi connectivity index (χ0) is 18.3. The van der Waals surface area contributed by atoms with Crippen LogP contribution in [0.3, 0.4) is 0 Å². The molecule has 25 heavy (non-hydrogen) atoms. The summed E-state index contributed by atoms with van der Waals surface area (Å²) in [6, 6.07) is 0. The van der Waals surface area contributed by atoms with Crippen LogP contribution in [0.25, 0.3) is 0 Å². The number of rotatable bonds is 2. The maximum Gasteiger partial charge on any atom is 0.312 e. The summed E-state index contributed by atoms with van der Waals surface area (Å²) < 4.78 is 5.75. The minimum atomic E-state index is -0.957. The minimum absolute atomic E-state index is 0.00108. The Labute approximate surface area is 148 Å². The molecule has 1 heterocycles. The maximum absolute atomic E-state index is 12.6. The fourth-order valence-electron chi connectivity index (χ4n) is 6.61. The first-order chi connectivity index (χ1) is 11.5. The maximum atomic E-state index is 12.6. The lowest BCUT2D eigenvalue weighted by molar-refractivity contribution is -0.165. The van der Waals surface area contributed by atoms with E-state index in [1.807, 2.05) is 19.9 Å². The molecule has 5 nitrogen and oxygen atoms in total. The van der Waals surface area contributed by atoms with Crippen LogP contribution in [0.15, 0.2) is 11.6 Å². The van der Waals surface area contributed by atoms with Crippen LogP contribution >= 0.6 is 0 Å². The molecular weight excluding hydrogens is 320 g/mol. The Morgan fingerprint density at radius 2 is 1.96 bits per heavy atom. The third-order valence-corrected chi connectivity index (χ3v) is 7.93. The van der Waals surface area contributed by atoms with Gasteiger partial charge >= 0.3 is 11.9 Å². The molecule has 0 aromatic heterocycles. The number of esters is 1. The highest BCUT2D eigenvalue weighted by molar-refractivity contribution is 5.80. The van der Waals surface area contributed by atoms with E-state index in [9.17, 15) is 19.8 Å². The predicted octanol–water partition coefficient (Wildman–Crippen LogP) is 3.06. The average molecular weight is 348 g/mol.